The molecule has 2 unspecified atom stereocenters. The molecule has 0 spiro atoms. The first kappa shape index (κ1) is 11.9. The molecule has 0 aromatic heterocycles. The molecule has 0 rings (SSSR count). The summed E-state index contributed by atoms with van der Waals surface area (Å²) in [6, 6.07) is -0.0708. The van der Waals surface area contributed by atoms with Crippen LogP contribution in [0.15, 0.2) is 0 Å². The quantitative estimate of drug-likeness (QED) is 0.675. The Morgan fingerprint density at radius 3 is 2.31 bits per heavy atom. The normalized spacial score (nSPS) is 14.7. The molecular weight excluding hydrogens is 170 g/mol. The molecule has 0 bridgehead atoms. The van der Waals surface area contributed by atoms with Crippen molar-refractivity contribution < 1.29 is 14.7 Å². The standard InChI is InChI=1S/C9H17NO3/c1-4-8(9(12)13)5-6(2)10-7(3)11/h6,8H,4-5H2,1-3H3,(H,10,11)(H,12,13). The van der Waals surface area contributed by atoms with Crippen molar-refractivity contribution in [3.63, 3.8) is 0 Å². The van der Waals surface area contributed by atoms with E-state index >= 15 is 0 Å². The molecule has 1 amide bonds. The average Bonchev–Trinajstić information content (AvgIpc) is 1.98. The number of carbonyl (C=O) groups excluding carboxylic acids is 1. The molecule has 4 nitrogen and oxygen atoms in total. The molecule has 76 valence electrons. The lowest BCUT2D eigenvalue weighted by Crippen LogP contribution is -2.33. The molecule has 0 aliphatic heterocycles. The van der Waals surface area contributed by atoms with Gasteiger partial charge in [-0.3, -0.25) is 9.59 Å². The maximum atomic E-state index is 10.6. The second-order valence-corrected chi connectivity index (χ2v) is 3.28. The second kappa shape index (κ2) is 5.56. The van der Waals surface area contributed by atoms with Gasteiger partial charge in [0, 0.05) is 13.0 Å². The van der Waals surface area contributed by atoms with Crippen molar-refractivity contribution >= 4 is 11.9 Å². The van der Waals surface area contributed by atoms with Crippen LogP contribution in [-0.4, -0.2) is 23.0 Å². The number of nitrogens with one attached hydrogen (secondary N) is 1. The van der Waals surface area contributed by atoms with Gasteiger partial charge in [-0.15, -0.1) is 0 Å². The minimum absolute atomic E-state index is 0.0708. The molecule has 4 heteroatoms. The average molecular weight is 187 g/mol. The highest BCUT2D eigenvalue weighted by molar-refractivity contribution is 5.73. The number of carbonyl (C=O) groups is 2. The Kier molecular flexibility index (Phi) is 5.11. The van der Waals surface area contributed by atoms with Crippen LogP contribution in [0.4, 0.5) is 0 Å². The van der Waals surface area contributed by atoms with Gasteiger partial charge in [-0.25, -0.2) is 0 Å². The number of carboxylic acids is 1. The van der Waals surface area contributed by atoms with E-state index in [0.29, 0.717) is 12.8 Å². The number of aliphatic carboxylic acids is 1. The van der Waals surface area contributed by atoms with Gasteiger partial charge in [0.1, 0.15) is 0 Å². The van der Waals surface area contributed by atoms with Crippen LogP contribution in [0.25, 0.3) is 0 Å². The molecule has 2 N–H and O–H groups in total. The van der Waals surface area contributed by atoms with E-state index in [1.165, 1.54) is 6.92 Å². The molecule has 0 saturated carbocycles. The lowest BCUT2D eigenvalue weighted by atomic mass is 9.98. The van der Waals surface area contributed by atoms with E-state index < -0.39 is 5.97 Å². The maximum Gasteiger partial charge on any atom is 0.306 e. The van der Waals surface area contributed by atoms with Crippen molar-refractivity contribution in [2.24, 2.45) is 5.92 Å². The van der Waals surface area contributed by atoms with Gasteiger partial charge < -0.3 is 10.4 Å². The lowest BCUT2D eigenvalue weighted by molar-refractivity contribution is -0.142. The summed E-state index contributed by atoms with van der Waals surface area (Å²) in [5.74, 6) is -1.27. The molecule has 0 saturated heterocycles. The molecule has 0 radical (unpaired) electrons. The van der Waals surface area contributed by atoms with Gasteiger partial charge in [-0.1, -0.05) is 6.92 Å². The summed E-state index contributed by atoms with van der Waals surface area (Å²) in [6.45, 7) is 5.07. The fourth-order valence-corrected chi connectivity index (χ4v) is 1.27. The fourth-order valence-electron chi connectivity index (χ4n) is 1.27. The summed E-state index contributed by atoms with van der Waals surface area (Å²) in [5, 5.41) is 11.4. The van der Waals surface area contributed by atoms with Gasteiger partial charge in [0.25, 0.3) is 0 Å². The summed E-state index contributed by atoms with van der Waals surface area (Å²) in [5.41, 5.74) is 0. The number of rotatable bonds is 5. The summed E-state index contributed by atoms with van der Waals surface area (Å²) in [7, 11) is 0. The van der Waals surface area contributed by atoms with Crippen molar-refractivity contribution in [3.05, 3.63) is 0 Å². The summed E-state index contributed by atoms with van der Waals surface area (Å²) < 4.78 is 0. The van der Waals surface area contributed by atoms with E-state index in [1.54, 1.807) is 0 Å². The van der Waals surface area contributed by atoms with Crippen LogP contribution in [-0.2, 0) is 9.59 Å². The highest BCUT2D eigenvalue weighted by Gasteiger charge is 2.18. The van der Waals surface area contributed by atoms with Crippen molar-refractivity contribution in [3.8, 4) is 0 Å². The third kappa shape index (κ3) is 5.22. The number of hydrogen-bond donors (Lipinski definition) is 2. The first-order chi connectivity index (χ1) is 5.97. The summed E-state index contributed by atoms with van der Waals surface area (Å²) in [6.07, 6.45) is 1.09. The molecule has 0 heterocycles. The second-order valence-electron chi connectivity index (χ2n) is 3.28. The Morgan fingerprint density at radius 1 is 1.46 bits per heavy atom. The van der Waals surface area contributed by atoms with E-state index in [1.807, 2.05) is 13.8 Å². The molecule has 0 aliphatic rings. The van der Waals surface area contributed by atoms with Gasteiger partial charge in [0.15, 0.2) is 0 Å². The zero-order valence-electron chi connectivity index (χ0n) is 8.33. The van der Waals surface area contributed by atoms with Crippen LogP contribution in [0.3, 0.4) is 0 Å². The molecule has 0 aliphatic carbocycles. The molecule has 13 heavy (non-hydrogen) atoms. The van der Waals surface area contributed by atoms with Crippen LogP contribution in [0.1, 0.15) is 33.6 Å². The van der Waals surface area contributed by atoms with Crippen LogP contribution in [0.5, 0.6) is 0 Å². The maximum absolute atomic E-state index is 10.6. The predicted molar refractivity (Wildman–Crippen MR) is 49.3 cm³/mol. The molecule has 0 aromatic carbocycles. The van der Waals surface area contributed by atoms with Crippen LogP contribution < -0.4 is 5.32 Å². The Morgan fingerprint density at radius 2 is 2.00 bits per heavy atom. The van der Waals surface area contributed by atoms with Gasteiger partial charge in [0.2, 0.25) is 5.91 Å². The van der Waals surface area contributed by atoms with Crippen molar-refractivity contribution in [2.45, 2.75) is 39.7 Å². The smallest absolute Gasteiger partial charge is 0.306 e. The van der Waals surface area contributed by atoms with E-state index in [-0.39, 0.29) is 17.9 Å². The molecule has 0 fully saturated rings. The highest BCUT2D eigenvalue weighted by atomic mass is 16.4. The SMILES string of the molecule is CCC(CC(C)NC(C)=O)C(=O)O. The Bertz CT molecular complexity index is 191. The zero-order chi connectivity index (χ0) is 10.4. The minimum Gasteiger partial charge on any atom is -0.481 e. The topological polar surface area (TPSA) is 66.4 Å². The molecular formula is C9H17NO3. The zero-order valence-corrected chi connectivity index (χ0v) is 8.33. The third-order valence-corrected chi connectivity index (χ3v) is 1.93. The third-order valence-electron chi connectivity index (χ3n) is 1.93. The minimum atomic E-state index is -0.792. The van der Waals surface area contributed by atoms with E-state index in [0.717, 1.165) is 0 Å². The largest absolute Gasteiger partial charge is 0.481 e. The van der Waals surface area contributed by atoms with Crippen molar-refractivity contribution in [2.75, 3.05) is 0 Å². The van der Waals surface area contributed by atoms with Gasteiger partial charge in [-0.2, -0.15) is 0 Å². The van der Waals surface area contributed by atoms with E-state index in [2.05, 4.69) is 5.32 Å². The van der Waals surface area contributed by atoms with Crippen molar-refractivity contribution in [1.29, 1.82) is 0 Å². The first-order valence-corrected chi connectivity index (χ1v) is 4.47. The van der Waals surface area contributed by atoms with Gasteiger partial charge in [0.05, 0.1) is 5.92 Å². The van der Waals surface area contributed by atoms with Crippen LogP contribution >= 0.6 is 0 Å². The van der Waals surface area contributed by atoms with E-state index in [4.69, 9.17) is 5.11 Å². The Hall–Kier alpha value is -1.06. The first-order valence-electron chi connectivity index (χ1n) is 4.47. The van der Waals surface area contributed by atoms with Crippen molar-refractivity contribution in [1.82, 2.24) is 5.32 Å². The molecule has 2 atom stereocenters. The van der Waals surface area contributed by atoms with Gasteiger partial charge >= 0.3 is 5.97 Å². The summed E-state index contributed by atoms with van der Waals surface area (Å²) >= 11 is 0. The number of carboxylic acid groups (broad SMARTS) is 1. The number of hydrogen-bond acceptors (Lipinski definition) is 2. The Labute approximate surface area is 78.3 Å². The molecule has 0 aromatic rings. The fraction of sp³-hybridized carbons (Fsp3) is 0.778. The monoisotopic (exact) mass is 187 g/mol. The van der Waals surface area contributed by atoms with Crippen LogP contribution in [0, 0.1) is 5.92 Å². The number of amides is 1. The van der Waals surface area contributed by atoms with E-state index in [9.17, 15) is 9.59 Å². The Balaban J connectivity index is 3.93. The summed E-state index contributed by atoms with van der Waals surface area (Å²) in [4.78, 5) is 21.3. The predicted octanol–water partition coefficient (Wildman–Crippen LogP) is 1.01. The van der Waals surface area contributed by atoms with Crippen LogP contribution in [0.2, 0.25) is 0 Å². The highest BCUT2D eigenvalue weighted by Crippen LogP contribution is 2.10. The van der Waals surface area contributed by atoms with Gasteiger partial charge in [-0.05, 0) is 19.8 Å². The lowest BCUT2D eigenvalue weighted by Gasteiger charge is -2.16.